The van der Waals surface area contributed by atoms with Crippen LogP contribution in [0, 0.1) is 11.3 Å². The highest BCUT2D eigenvalue weighted by atomic mass is 16.5. The summed E-state index contributed by atoms with van der Waals surface area (Å²) in [5.41, 5.74) is 1.41. The van der Waals surface area contributed by atoms with Gasteiger partial charge in [0.25, 0.3) is 5.91 Å². The molecule has 0 aliphatic heterocycles. The van der Waals surface area contributed by atoms with Crippen LogP contribution in [-0.4, -0.2) is 27.4 Å². The Morgan fingerprint density at radius 3 is 2.76 bits per heavy atom. The SMILES string of the molecule is C[C@H](OC(=O)c1cn2ccccc2n1)C(=O)Nc1ccccc1C#N. The Labute approximate surface area is 143 Å². The molecule has 0 spiro atoms. The summed E-state index contributed by atoms with van der Waals surface area (Å²) in [6.45, 7) is 1.46. The van der Waals surface area contributed by atoms with Gasteiger partial charge in [-0.2, -0.15) is 5.26 Å². The fourth-order valence-electron chi connectivity index (χ4n) is 2.23. The zero-order valence-corrected chi connectivity index (χ0v) is 13.3. The van der Waals surface area contributed by atoms with Crippen LogP contribution in [0.2, 0.25) is 0 Å². The van der Waals surface area contributed by atoms with Gasteiger partial charge in [-0.1, -0.05) is 18.2 Å². The van der Waals surface area contributed by atoms with Gasteiger partial charge >= 0.3 is 5.97 Å². The topological polar surface area (TPSA) is 96.5 Å². The molecule has 0 radical (unpaired) electrons. The van der Waals surface area contributed by atoms with Crippen LogP contribution in [0.25, 0.3) is 5.65 Å². The van der Waals surface area contributed by atoms with Crippen LogP contribution < -0.4 is 5.32 Å². The lowest BCUT2D eigenvalue weighted by Gasteiger charge is -2.13. The second-order valence-corrected chi connectivity index (χ2v) is 5.29. The summed E-state index contributed by atoms with van der Waals surface area (Å²) in [6.07, 6.45) is 2.26. The zero-order chi connectivity index (χ0) is 17.8. The first-order chi connectivity index (χ1) is 12.1. The van der Waals surface area contributed by atoms with E-state index in [0.29, 0.717) is 16.9 Å². The van der Waals surface area contributed by atoms with E-state index in [4.69, 9.17) is 10.00 Å². The van der Waals surface area contributed by atoms with Gasteiger partial charge in [-0.05, 0) is 31.2 Å². The number of nitrogens with zero attached hydrogens (tertiary/aromatic N) is 3. The van der Waals surface area contributed by atoms with E-state index in [1.165, 1.54) is 13.1 Å². The maximum atomic E-state index is 12.2. The largest absolute Gasteiger partial charge is 0.448 e. The van der Waals surface area contributed by atoms with Crippen molar-refractivity contribution in [3.8, 4) is 6.07 Å². The third-order valence-electron chi connectivity index (χ3n) is 3.53. The summed E-state index contributed by atoms with van der Waals surface area (Å²) in [4.78, 5) is 28.5. The molecule has 0 fully saturated rings. The number of imidazole rings is 1. The fraction of sp³-hybridized carbons (Fsp3) is 0.111. The van der Waals surface area contributed by atoms with Crippen LogP contribution in [0.15, 0.2) is 54.9 Å². The number of amides is 1. The first kappa shape index (κ1) is 16.2. The molecule has 7 heteroatoms. The van der Waals surface area contributed by atoms with Crippen LogP contribution in [0.3, 0.4) is 0 Å². The number of esters is 1. The minimum atomic E-state index is -1.04. The van der Waals surface area contributed by atoms with Crippen LogP contribution in [0.5, 0.6) is 0 Å². The zero-order valence-electron chi connectivity index (χ0n) is 13.3. The number of fused-ring (bicyclic) bond motifs is 1. The van der Waals surface area contributed by atoms with Crippen molar-refractivity contribution in [1.82, 2.24) is 9.38 Å². The fourth-order valence-corrected chi connectivity index (χ4v) is 2.23. The van der Waals surface area contributed by atoms with Gasteiger partial charge < -0.3 is 14.5 Å². The minimum absolute atomic E-state index is 0.114. The maximum Gasteiger partial charge on any atom is 0.359 e. The lowest BCUT2D eigenvalue weighted by atomic mass is 10.2. The molecule has 1 atom stereocenters. The van der Waals surface area contributed by atoms with Gasteiger partial charge in [-0.25, -0.2) is 9.78 Å². The van der Waals surface area contributed by atoms with E-state index < -0.39 is 18.0 Å². The molecule has 124 valence electrons. The van der Waals surface area contributed by atoms with Crippen LogP contribution in [-0.2, 0) is 9.53 Å². The van der Waals surface area contributed by atoms with Gasteiger partial charge in [0.1, 0.15) is 11.7 Å². The smallest absolute Gasteiger partial charge is 0.359 e. The van der Waals surface area contributed by atoms with E-state index in [-0.39, 0.29) is 5.69 Å². The molecule has 2 aromatic heterocycles. The molecular weight excluding hydrogens is 320 g/mol. The Morgan fingerprint density at radius 2 is 2.00 bits per heavy atom. The lowest BCUT2D eigenvalue weighted by molar-refractivity contribution is -0.123. The van der Waals surface area contributed by atoms with Crippen molar-refractivity contribution in [2.75, 3.05) is 5.32 Å². The maximum absolute atomic E-state index is 12.2. The predicted molar refractivity (Wildman–Crippen MR) is 89.9 cm³/mol. The first-order valence-corrected chi connectivity index (χ1v) is 7.53. The second kappa shape index (κ2) is 6.84. The second-order valence-electron chi connectivity index (χ2n) is 5.29. The number of benzene rings is 1. The van der Waals surface area contributed by atoms with Crippen molar-refractivity contribution >= 4 is 23.2 Å². The number of para-hydroxylation sites is 1. The number of ether oxygens (including phenoxy) is 1. The summed E-state index contributed by atoms with van der Waals surface area (Å²) in [6, 6.07) is 13.9. The number of nitriles is 1. The van der Waals surface area contributed by atoms with Gasteiger partial charge in [0, 0.05) is 12.4 Å². The molecule has 1 N–H and O–H groups in total. The van der Waals surface area contributed by atoms with E-state index in [2.05, 4.69) is 10.3 Å². The van der Waals surface area contributed by atoms with Crippen molar-refractivity contribution in [3.63, 3.8) is 0 Å². The minimum Gasteiger partial charge on any atom is -0.448 e. The quantitative estimate of drug-likeness (QED) is 0.739. The van der Waals surface area contributed by atoms with Gasteiger partial charge in [0.15, 0.2) is 11.8 Å². The van der Waals surface area contributed by atoms with Crippen LogP contribution >= 0.6 is 0 Å². The van der Waals surface area contributed by atoms with E-state index in [9.17, 15) is 9.59 Å². The Balaban J connectivity index is 1.68. The standard InChI is InChI=1S/C18H14N4O3/c1-12(17(23)21-14-7-3-2-6-13(14)10-19)25-18(24)15-11-22-9-5-4-8-16(22)20-15/h2-9,11-12H,1H3,(H,21,23)/t12-/m0/s1. The normalized spacial score (nSPS) is 11.5. The molecule has 2 heterocycles. The number of pyridine rings is 1. The molecule has 0 saturated heterocycles. The van der Waals surface area contributed by atoms with E-state index in [0.717, 1.165) is 0 Å². The Kier molecular flexibility index (Phi) is 4.44. The van der Waals surface area contributed by atoms with Crippen molar-refractivity contribution in [2.24, 2.45) is 0 Å². The van der Waals surface area contributed by atoms with Crippen molar-refractivity contribution in [3.05, 3.63) is 66.1 Å². The lowest BCUT2D eigenvalue weighted by Crippen LogP contribution is -2.30. The molecule has 0 aliphatic carbocycles. The molecule has 0 saturated carbocycles. The number of carbonyl (C=O) groups is 2. The summed E-state index contributed by atoms with van der Waals surface area (Å²) in [5.74, 6) is -1.22. The molecule has 1 amide bonds. The average Bonchev–Trinajstić information content (AvgIpc) is 3.06. The Hall–Kier alpha value is -3.66. The Morgan fingerprint density at radius 1 is 1.24 bits per heavy atom. The summed E-state index contributed by atoms with van der Waals surface area (Å²) < 4.78 is 6.85. The summed E-state index contributed by atoms with van der Waals surface area (Å²) in [5, 5.41) is 11.6. The summed E-state index contributed by atoms with van der Waals surface area (Å²) in [7, 11) is 0. The van der Waals surface area contributed by atoms with Gasteiger partial charge in [0.05, 0.1) is 11.3 Å². The van der Waals surface area contributed by atoms with Crippen molar-refractivity contribution < 1.29 is 14.3 Å². The number of carbonyl (C=O) groups excluding carboxylic acids is 2. The molecule has 1 aromatic carbocycles. The Bertz CT molecular complexity index is 954. The van der Waals surface area contributed by atoms with E-state index in [1.807, 2.05) is 12.1 Å². The highest BCUT2D eigenvalue weighted by Crippen LogP contribution is 2.14. The van der Waals surface area contributed by atoms with Crippen LogP contribution in [0.4, 0.5) is 5.69 Å². The highest BCUT2D eigenvalue weighted by Gasteiger charge is 2.21. The monoisotopic (exact) mass is 334 g/mol. The van der Waals surface area contributed by atoms with Gasteiger partial charge in [-0.15, -0.1) is 0 Å². The van der Waals surface area contributed by atoms with E-state index >= 15 is 0 Å². The number of nitrogens with one attached hydrogen (secondary N) is 1. The predicted octanol–water partition coefficient (Wildman–Crippen LogP) is 2.39. The average molecular weight is 334 g/mol. The molecule has 0 aliphatic rings. The molecule has 0 bridgehead atoms. The molecule has 25 heavy (non-hydrogen) atoms. The molecule has 3 aromatic rings. The molecule has 7 nitrogen and oxygen atoms in total. The number of aromatic nitrogens is 2. The van der Waals surface area contributed by atoms with Crippen molar-refractivity contribution in [1.29, 1.82) is 5.26 Å². The van der Waals surface area contributed by atoms with Crippen LogP contribution in [0.1, 0.15) is 23.0 Å². The van der Waals surface area contributed by atoms with Gasteiger partial charge in [0.2, 0.25) is 0 Å². The number of hydrogen-bond acceptors (Lipinski definition) is 5. The van der Waals surface area contributed by atoms with E-state index in [1.54, 1.807) is 47.0 Å². The third-order valence-corrected chi connectivity index (χ3v) is 3.53. The molecule has 3 rings (SSSR count). The van der Waals surface area contributed by atoms with Gasteiger partial charge in [-0.3, -0.25) is 4.79 Å². The number of rotatable bonds is 4. The summed E-state index contributed by atoms with van der Waals surface area (Å²) >= 11 is 0. The number of anilines is 1. The third kappa shape index (κ3) is 3.48. The molecular formula is C18H14N4O3. The van der Waals surface area contributed by atoms with Crippen molar-refractivity contribution in [2.45, 2.75) is 13.0 Å². The first-order valence-electron chi connectivity index (χ1n) is 7.53. The number of hydrogen-bond donors (Lipinski definition) is 1. The highest BCUT2D eigenvalue weighted by molar-refractivity contribution is 5.97. The molecule has 0 unspecified atom stereocenters.